The molecule has 0 aromatic heterocycles. The van der Waals surface area contributed by atoms with E-state index in [-0.39, 0.29) is 30.0 Å². The van der Waals surface area contributed by atoms with Gasteiger partial charge in [0.05, 0.1) is 16.9 Å². The molecule has 0 atom stereocenters. The fraction of sp³-hybridized carbons (Fsp3) is 0.417. The van der Waals surface area contributed by atoms with Crippen LogP contribution in [0, 0.1) is 17.2 Å². The van der Waals surface area contributed by atoms with Gasteiger partial charge in [0, 0.05) is 23.2 Å². The lowest BCUT2D eigenvalue weighted by atomic mass is 9.92. The highest BCUT2D eigenvalue weighted by atomic mass is 32.2. The van der Waals surface area contributed by atoms with Gasteiger partial charge in [-0.25, -0.2) is 4.39 Å². The fourth-order valence-corrected chi connectivity index (χ4v) is 3.91. The summed E-state index contributed by atoms with van der Waals surface area (Å²) in [4.78, 5) is 28.1. The Balaban J connectivity index is 1.72. The van der Waals surface area contributed by atoms with Gasteiger partial charge in [0.15, 0.2) is 0 Å². The van der Waals surface area contributed by atoms with Gasteiger partial charge in [-0.15, -0.1) is 11.8 Å². The van der Waals surface area contributed by atoms with Crippen LogP contribution in [0.2, 0.25) is 0 Å². The number of halogens is 1. The number of amides is 2. The second-order valence-corrected chi connectivity index (χ2v) is 9.83. The summed E-state index contributed by atoms with van der Waals surface area (Å²) in [5.41, 5.74) is 0.708. The Hall–Kier alpha value is -2.54. The third-order valence-corrected chi connectivity index (χ3v) is 6.07. The molecule has 0 bridgehead atoms. The van der Waals surface area contributed by atoms with Crippen LogP contribution in [0.1, 0.15) is 34.1 Å². The third kappa shape index (κ3) is 6.00. The molecule has 0 saturated heterocycles. The quantitative estimate of drug-likeness (QED) is 0.585. The number of hydrogen-bond acceptors (Lipinski definition) is 4. The molecular weight excluding hydrogens is 415 g/mol. The minimum absolute atomic E-state index is 0.0411. The minimum atomic E-state index is -0.634. The van der Waals surface area contributed by atoms with Crippen molar-refractivity contribution in [1.29, 1.82) is 0 Å². The Morgan fingerprint density at radius 1 is 1.23 bits per heavy atom. The highest BCUT2D eigenvalue weighted by Crippen LogP contribution is 2.38. The summed E-state index contributed by atoms with van der Waals surface area (Å²) in [6, 6.07) is 11.4. The highest BCUT2D eigenvalue weighted by molar-refractivity contribution is 8.00. The van der Waals surface area contributed by atoms with Gasteiger partial charge in [-0.05, 0) is 62.6 Å². The van der Waals surface area contributed by atoms with E-state index in [1.165, 1.54) is 23.9 Å². The Kier molecular flexibility index (Phi) is 7.26. The van der Waals surface area contributed by atoms with Crippen LogP contribution >= 0.6 is 11.8 Å². The largest absolute Gasteiger partial charge is 0.490 e. The first-order valence-corrected chi connectivity index (χ1v) is 11.4. The zero-order chi connectivity index (χ0) is 22.6. The van der Waals surface area contributed by atoms with Crippen LogP contribution in [-0.4, -0.2) is 30.7 Å². The summed E-state index contributed by atoms with van der Waals surface area (Å²) >= 11 is 1.34. The Morgan fingerprint density at radius 2 is 1.94 bits per heavy atom. The van der Waals surface area contributed by atoms with Crippen LogP contribution in [0.3, 0.4) is 0 Å². The molecule has 2 amide bonds. The van der Waals surface area contributed by atoms with Gasteiger partial charge in [0.2, 0.25) is 11.8 Å². The standard InChI is InChI=1S/C24H29FN2O3S/c1-16(2)11-12-27-20-10-7-18(13-21(20)30-15-24(3,4)23(27)29)26-22(28)14-31-19-8-5-17(25)6-9-19/h5-10,13,16H,11-12,14-15H2,1-4H3,(H,26,28). The van der Waals surface area contributed by atoms with Gasteiger partial charge in [0.1, 0.15) is 18.2 Å². The molecule has 5 nitrogen and oxygen atoms in total. The molecule has 1 N–H and O–H groups in total. The summed E-state index contributed by atoms with van der Waals surface area (Å²) in [7, 11) is 0. The van der Waals surface area contributed by atoms with Crippen molar-refractivity contribution in [3.63, 3.8) is 0 Å². The van der Waals surface area contributed by atoms with Gasteiger partial charge in [0.25, 0.3) is 0 Å². The monoisotopic (exact) mass is 444 g/mol. The maximum atomic E-state index is 13.1. The molecule has 2 aromatic carbocycles. The van der Waals surface area contributed by atoms with Gasteiger partial charge in [-0.2, -0.15) is 0 Å². The molecule has 0 radical (unpaired) electrons. The lowest BCUT2D eigenvalue weighted by molar-refractivity contribution is -0.127. The molecule has 3 rings (SSSR count). The molecule has 0 saturated carbocycles. The second-order valence-electron chi connectivity index (χ2n) is 8.79. The molecule has 2 aromatic rings. The van der Waals surface area contributed by atoms with E-state index >= 15 is 0 Å². The smallest absolute Gasteiger partial charge is 0.236 e. The van der Waals surface area contributed by atoms with Crippen LogP contribution < -0.4 is 15.0 Å². The Labute approximate surface area is 187 Å². The number of rotatable bonds is 7. The number of hydrogen-bond donors (Lipinski definition) is 1. The van der Waals surface area contributed by atoms with Crippen LogP contribution in [0.15, 0.2) is 47.4 Å². The predicted molar refractivity (Wildman–Crippen MR) is 123 cm³/mol. The molecular formula is C24H29FN2O3S. The van der Waals surface area contributed by atoms with Crippen LogP contribution in [0.4, 0.5) is 15.8 Å². The van der Waals surface area contributed by atoms with E-state index < -0.39 is 5.41 Å². The van der Waals surface area contributed by atoms with E-state index in [1.807, 2.05) is 19.9 Å². The van der Waals surface area contributed by atoms with Crippen molar-refractivity contribution in [3.8, 4) is 5.75 Å². The van der Waals surface area contributed by atoms with Crippen molar-refractivity contribution in [2.24, 2.45) is 11.3 Å². The summed E-state index contributed by atoms with van der Waals surface area (Å²) in [6.45, 7) is 8.93. The molecule has 7 heteroatoms. The van der Waals surface area contributed by atoms with Crippen molar-refractivity contribution in [2.75, 3.05) is 29.1 Å². The van der Waals surface area contributed by atoms with Crippen molar-refractivity contribution >= 4 is 35.0 Å². The number of nitrogens with one attached hydrogen (secondary N) is 1. The molecule has 0 unspecified atom stereocenters. The number of carbonyl (C=O) groups excluding carboxylic acids is 2. The molecule has 166 valence electrons. The lowest BCUT2D eigenvalue weighted by Crippen LogP contribution is -2.42. The number of ether oxygens (including phenoxy) is 1. The molecule has 0 aliphatic carbocycles. The van der Waals surface area contributed by atoms with Crippen LogP contribution in [0.5, 0.6) is 5.75 Å². The molecule has 0 fully saturated rings. The van der Waals surface area contributed by atoms with Gasteiger partial charge >= 0.3 is 0 Å². The normalized spacial score (nSPS) is 15.3. The summed E-state index contributed by atoms with van der Waals surface area (Å²) in [5.74, 6) is 0.834. The van der Waals surface area contributed by atoms with E-state index in [0.29, 0.717) is 23.9 Å². The average Bonchev–Trinajstić information content (AvgIpc) is 2.81. The van der Waals surface area contributed by atoms with Crippen LogP contribution in [0.25, 0.3) is 0 Å². The SMILES string of the molecule is CC(C)CCN1C(=O)C(C)(C)COc2cc(NC(=O)CSc3ccc(F)cc3)ccc21. The van der Waals surface area contributed by atoms with Gasteiger partial charge in [-0.3, -0.25) is 9.59 Å². The third-order valence-electron chi connectivity index (χ3n) is 5.06. The maximum absolute atomic E-state index is 13.1. The molecule has 31 heavy (non-hydrogen) atoms. The van der Waals surface area contributed by atoms with E-state index in [9.17, 15) is 14.0 Å². The first-order chi connectivity index (χ1) is 14.7. The van der Waals surface area contributed by atoms with Crippen LogP contribution in [-0.2, 0) is 9.59 Å². The minimum Gasteiger partial charge on any atom is -0.490 e. The molecule has 0 spiro atoms. The Bertz CT molecular complexity index is 944. The summed E-state index contributed by atoms with van der Waals surface area (Å²) in [5, 5.41) is 2.87. The summed E-state index contributed by atoms with van der Waals surface area (Å²) in [6.07, 6.45) is 0.889. The van der Waals surface area contributed by atoms with E-state index in [1.54, 1.807) is 29.2 Å². The predicted octanol–water partition coefficient (Wildman–Crippen LogP) is 5.35. The van der Waals surface area contributed by atoms with E-state index in [4.69, 9.17) is 4.74 Å². The van der Waals surface area contributed by atoms with Crippen molar-refractivity contribution in [3.05, 3.63) is 48.3 Å². The average molecular weight is 445 g/mol. The number of fused-ring (bicyclic) bond motifs is 1. The number of benzene rings is 2. The van der Waals surface area contributed by atoms with Gasteiger partial charge in [-0.1, -0.05) is 13.8 Å². The van der Waals surface area contributed by atoms with E-state index in [2.05, 4.69) is 19.2 Å². The number of nitrogens with zero attached hydrogens (tertiary/aromatic N) is 1. The summed E-state index contributed by atoms with van der Waals surface area (Å²) < 4.78 is 19.0. The fourth-order valence-electron chi connectivity index (χ4n) is 3.21. The van der Waals surface area contributed by atoms with Crippen molar-refractivity contribution < 1.29 is 18.7 Å². The number of anilines is 2. The first kappa shape index (κ1) is 23.1. The second kappa shape index (κ2) is 9.73. The highest BCUT2D eigenvalue weighted by Gasteiger charge is 2.37. The molecule has 1 aliphatic rings. The molecule has 1 aliphatic heterocycles. The first-order valence-electron chi connectivity index (χ1n) is 10.4. The number of carbonyl (C=O) groups is 2. The van der Waals surface area contributed by atoms with Crippen molar-refractivity contribution in [1.82, 2.24) is 0 Å². The maximum Gasteiger partial charge on any atom is 0.236 e. The lowest BCUT2D eigenvalue weighted by Gasteiger charge is -2.28. The Morgan fingerprint density at radius 3 is 2.61 bits per heavy atom. The van der Waals surface area contributed by atoms with E-state index in [0.717, 1.165) is 17.0 Å². The van der Waals surface area contributed by atoms with Gasteiger partial charge < -0.3 is 15.0 Å². The molecule has 1 heterocycles. The topological polar surface area (TPSA) is 58.6 Å². The zero-order valence-electron chi connectivity index (χ0n) is 18.4. The van der Waals surface area contributed by atoms with Crippen molar-refractivity contribution in [2.45, 2.75) is 39.0 Å². The number of thioether (sulfide) groups is 1. The zero-order valence-corrected chi connectivity index (χ0v) is 19.2.